The van der Waals surface area contributed by atoms with Gasteiger partial charge in [0.15, 0.2) is 5.78 Å². The Morgan fingerprint density at radius 2 is 0.917 bits per heavy atom. The lowest BCUT2D eigenvalue weighted by atomic mass is 9.83. The molecule has 2 unspecified atom stereocenters. The Labute approximate surface area is 211 Å². The predicted octanol–water partition coefficient (Wildman–Crippen LogP) is 5.97. The molecule has 0 heterocycles. The summed E-state index contributed by atoms with van der Waals surface area (Å²) >= 11 is 0. The molecule has 4 aromatic carbocycles. The van der Waals surface area contributed by atoms with Crippen LogP contribution in [0.4, 0.5) is 0 Å². The van der Waals surface area contributed by atoms with Crippen molar-refractivity contribution in [2.24, 2.45) is 0 Å². The van der Waals surface area contributed by atoms with Crippen LogP contribution < -0.4 is 0 Å². The zero-order chi connectivity index (χ0) is 25.2. The Bertz CT molecular complexity index is 1140. The summed E-state index contributed by atoms with van der Waals surface area (Å²) in [5.74, 6) is -1.64. The Morgan fingerprint density at radius 1 is 0.556 bits per heavy atom. The Hall–Kier alpha value is -3.93. The molecule has 0 aromatic heterocycles. The molecule has 0 spiro atoms. The van der Waals surface area contributed by atoms with E-state index in [-0.39, 0.29) is 30.5 Å². The van der Waals surface area contributed by atoms with Crippen LogP contribution in [0.5, 0.6) is 11.5 Å². The molecule has 4 aromatic rings. The number of ether oxygens (including phenoxy) is 2. The lowest BCUT2D eigenvalue weighted by molar-refractivity contribution is -0.125. The summed E-state index contributed by atoms with van der Waals surface area (Å²) in [7, 11) is 0. The van der Waals surface area contributed by atoms with Crippen LogP contribution in [0.15, 0.2) is 109 Å². The maximum atomic E-state index is 14.1. The maximum absolute atomic E-state index is 14.1. The molecule has 4 rings (SSSR count). The van der Waals surface area contributed by atoms with E-state index in [1.807, 2.05) is 60.7 Å². The van der Waals surface area contributed by atoms with Gasteiger partial charge in [-0.25, -0.2) is 0 Å². The second-order valence-corrected chi connectivity index (χ2v) is 8.63. The standard InChI is InChI=1S/C31H30O5/c32-29-17-9-7-15-25(29)27(21-35-19-23-11-3-1-4-12-23)31(34)28(26-16-8-10-18-30(26)33)22-36-20-24-13-5-2-6-14-24/h1-18,27-28,32-33H,19-22H2. The molecule has 0 aliphatic rings. The van der Waals surface area contributed by atoms with Crippen molar-refractivity contribution in [1.29, 1.82) is 0 Å². The molecule has 5 nitrogen and oxygen atoms in total. The van der Waals surface area contributed by atoms with Gasteiger partial charge in [0.05, 0.1) is 38.3 Å². The zero-order valence-corrected chi connectivity index (χ0v) is 20.0. The first-order valence-corrected chi connectivity index (χ1v) is 12.0. The smallest absolute Gasteiger partial charge is 0.152 e. The molecule has 0 bridgehead atoms. The fourth-order valence-electron chi connectivity index (χ4n) is 4.20. The summed E-state index contributed by atoms with van der Waals surface area (Å²) in [4.78, 5) is 14.1. The summed E-state index contributed by atoms with van der Waals surface area (Å²) < 4.78 is 11.9. The van der Waals surface area contributed by atoms with Gasteiger partial charge in [0.2, 0.25) is 0 Å². The normalized spacial score (nSPS) is 12.7. The number of hydrogen-bond acceptors (Lipinski definition) is 5. The quantitative estimate of drug-likeness (QED) is 0.260. The van der Waals surface area contributed by atoms with Crippen molar-refractivity contribution in [3.63, 3.8) is 0 Å². The lowest BCUT2D eigenvalue weighted by Gasteiger charge is -2.24. The van der Waals surface area contributed by atoms with Gasteiger partial charge in [-0.1, -0.05) is 97.1 Å². The number of ketones is 1. The Balaban J connectivity index is 1.58. The highest BCUT2D eigenvalue weighted by Crippen LogP contribution is 2.35. The van der Waals surface area contributed by atoms with Crippen molar-refractivity contribution in [1.82, 2.24) is 0 Å². The molecule has 5 heteroatoms. The summed E-state index contributed by atoms with van der Waals surface area (Å²) in [5, 5.41) is 21.2. The van der Waals surface area contributed by atoms with Crippen LogP contribution >= 0.6 is 0 Å². The van der Waals surface area contributed by atoms with Crippen molar-refractivity contribution in [2.45, 2.75) is 25.0 Å². The maximum Gasteiger partial charge on any atom is 0.152 e. The summed E-state index contributed by atoms with van der Waals surface area (Å²) in [5.41, 5.74) is 2.95. The highest BCUT2D eigenvalue weighted by Gasteiger charge is 2.33. The number of aromatic hydroxyl groups is 2. The molecule has 0 saturated heterocycles. The number of rotatable bonds is 12. The number of carbonyl (C=O) groups is 1. The first-order chi connectivity index (χ1) is 17.6. The van der Waals surface area contributed by atoms with Gasteiger partial charge in [0.1, 0.15) is 11.5 Å². The van der Waals surface area contributed by atoms with Crippen LogP contribution in [0.2, 0.25) is 0 Å². The van der Waals surface area contributed by atoms with Crippen LogP contribution in [0.25, 0.3) is 0 Å². The van der Waals surface area contributed by atoms with Crippen molar-refractivity contribution < 1.29 is 24.5 Å². The molecule has 0 radical (unpaired) electrons. The molecule has 36 heavy (non-hydrogen) atoms. The monoisotopic (exact) mass is 482 g/mol. The highest BCUT2D eigenvalue weighted by molar-refractivity contribution is 5.93. The van der Waals surface area contributed by atoms with Gasteiger partial charge in [-0.15, -0.1) is 0 Å². The minimum atomic E-state index is -0.750. The molecule has 0 fully saturated rings. The molecule has 0 amide bonds. The molecule has 2 atom stereocenters. The lowest BCUT2D eigenvalue weighted by Crippen LogP contribution is -2.27. The number of benzene rings is 4. The van der Waals surface area contributed by atoms with Gasteiger partial charge in [-0.2, -0.15) is 0 Å². The summed E-state index contributed by atoms with van der Waals surface area (Å²) in [6, 6.07) is 33.0. The van der Waals surface area contributed by atoms with Crippen molar-refractivity contribution in [3.05, 3.63) is 131 Å². The average Bonchev–Trinajstić information content (AvgIpc) is 2.91. The molecule has 2 N–H and O–H groups in total. The SMILES string of the molecule is O=C(C(COCc1ccccc1)c1ccccc1O)C(COCc1ccccc1)c1ccccc1O. The van der Waals surface area contributed by atoms with E-state index in [0.29, 0.717) is 24.3 Å². The first kappa shape index (κ1) is 25.2. The van der Waals surface area contributed by atoms with Gasteiger partial charge in [-0.05, 0) is 23.3 Å². The first-order valence-electron chi connectivity index (χ1n) is 12.0. The van der Waals surface area contributed by atoms with E-state index in [9.17, 15) is 15.0 Å². The molecule has 0 aliphatic heterocycles. The van der Waals surface area contributed by atoms with E-state index < -0.39 is 11.8 Å². The van der Waals surface area contributed by atoms with E-state index in [1.54, 1.807) is 48.5 Å². The van der Waals surface area contributed by atoms with Crippen LogP contribution in [0, 0.1) is 0 Å². The highest BCUT2D eigenvalue weighted by atomic mass is 16.5. The van der Waals surface area contributed by atoms with Crippen molar-refractivity contribution in [2.75, 3.05) is 13.2 Å². The van der Waals surface area contributed by atoms with Gasteiger partial charge in [0, 0.05) is 11.1 Å². The predicted molar refractivity (Wildman–Crippen MR) is 139 cm³/mol. The number of Topliss-reactive ketones (excluding diaryl/α,β-unsaturated/α-hetero) is 1. The van der Waals surface area contributed by atoms with E-state index >= 15 is 0 Å². The third-order valence-electron chi connectivity index (χ3n) is 6.10. The largest absolute Gasteiger partial charge is 0.508 e. The number of phenolic OH excluding ortho intramolecular Hbond substituents is 2. The van der Waals surface area contributed by atoms with E-state index in [2.05, 4.69) is 0 Å². The van der Waals surface area contributed by atoms with Crippen LogP contribution in [-0.2, 0) is 27.5 Å². The third kappa shape index (κ3) is 6.60. The van der Waals surface area contributed by atoms with Gasteiger partial charge in [0.25, 0.3) is 0 Å². The zero-order valence-electron chi connectivity index (χ0n) is 20.0. The summed E-state index contributed by atoms with van der Waals surface area (Å²) in [6.45, 7) is 0.829. The molecular weight excluding hydrogens is 452 g/mol. The fraction of sp³-hybridized carbons (Fsp3) is 0.194. The van der Waals surface area contributed by atoms with Crippen LogP contribution in [0.1, 0.15) is 34.1 Å². The Morgan fingerprint density at radius 3 is 1.31 bits per heavy atom. The topological polar surface area (TPSA) is 76.0 Å². The van der Waals surface area contributed by atoms with Gasteiger partial charge >= 0.3 is 0 Å². The molecular formula is C31H30O5. The molecule has 0 saturated carbocycles. The van der Waals surface area contributed by atoms with Gasteiger partial charge in [-0.3, -0.25) is 4.79 Å². The molecule has 184 valence electrons. The van der Waals surface area contributed by atoms with Crippen molar-refractivity contribution in [3.8, 4) is 11.5 Å². The van der Waals surface area contributed by atoms with E-state index in [0.717, 1.165) is 11.1 Å². The minimum Gasteiger partial charge on any atom is -0.508 e. The number of hydrogen-bond donors (Lipinski definition) is 2. The summed E-state index contributed by atoms with van der Waals surface area (Å²) in [6.07, 6.45) is 0. The van der Waals surface area contributed by atoms with E-state index in [1.165, 1.54) is 0 Å². The second kappa shape index (κ2) is 12.7. The minimum absolute atomic E-state index is 0.0281. The van der Waals surface area contributed by atoms with Crippen LogP contribution in [-0.4, -0.2) is 29.2 Å². The van der Waals surface area contributed by atoms with E-state index in [4.69, 9.17) is 9.47 Å². The Kier molecular flexibility index (Phi) is 8.87. The third-order valence-corrected chi connectivity index (χ3v) is 6.10. The number of carbonyl (C=O) groups excluding carboxylic acids is 1. The fourth-order valence-corrected chi connectivity index (χ4v) is 4.20. The average molecular weight is 483 g/mol. The van der Waals surface area contributed by atoms with Crippen LogP contribution in [0.3, 0.4) is 0 Å². The second-order valence-electron chi connectivity index (χ2n) is 8.63. The number of phenols is 2. The number of para-hydroxylation sites is 2. The van der Waals surface area contributed by atoms with Gasteiger partial charge < -0.3 is 19.7 Å². The van der Waals surface area contributed by atoms with Crippen molar-refractivity contribution >= 4 is 5.78 Å². The molecule has 0 aliphatic carbocycles.